The van der Waals surface area contributed by atoms with Crippen LogP contribution in [-0.2, 0) is 0 Å². The van der Waals surface area contributed by atoms with Crippen LogP contribution in [0.3, 0.4) is 0 Å². The van der Waals surface area contributed by atoms with Crippen LogP contribution in [-0.4, -0.2) is 22.4 Å². The molecule has 2 saturated carbocycles. The first-order valence-corrected chi connectivity index (χ1v) is 6.66. The Morgan fingerprint density at radius 2 is 1.62 bits per heavy atom. The van der Waals surface area contributed by atoms with Crippen LogP contribution in [0.25, 0.3) is 0 Å². The highest BCUT2D eigenvalue weighted by molar-refractivity contribution is 5.10. The molecule has 0 spiro atoms. The van der Waals surface area contributed by atoms with Crippen molar-refractivity contribution >= 4 is 0 Å². The second-order valence-corrected chi connectivity index (χ2v) is 7.17. The molecule has 2 aliphatic rings. The predicted molar refractivity (Wildman–Crippen MR) is 65.1 cm³/mol. The topological polar surface area (TPSA) is 40.5 Å². The summed E-state index contributed by atoms with van der Waals surface area (Å²) in [5.41, 5.74) is -0.484. The zero-order valence-electron chi connectivity index (χ0n) is 10.9. The van der Waals surface area contributed by atoms with Crippen molar-refractivity contribution in [2.75, 3.05) is 6.61 Å². The Bertz CT molecular complexity index is 254. The maximum Gasteiger partial charge on any atom is 0.0726 e. The molecule has 0 amide bonds. The highest BCUT2D eigenvalue weighted by Crippen LogP contribution is 2.62. The lowest BCUT2D eigenvalue weighted by atomic mass is 9.46. The standard InChI is InChI=1S/C14H26O2/c1-11-4-6-14(16,7-5-11)13(10-15)8-12(2,3)9-13/h11,15-16H,4-10H2,1-3H3. The molecule has 0 atom stereocenters. The number of aliphatic hydroxyl groups excluding tert-OH is 1. The van der Waals surface area contributed by atoms with Crippen LogP contribution >= 0.6 is 0 Å². The van der Waals surface area contributed by atoms with Crippen molar-refractivity contribution in [2.45, 2.75) is 64.9 Å². The summed E-state index contributed by atoms with van der Waals surface area (Å²) in [6.07, 6.45) is 5.93. The molecule has 2 rings (SSSR count). The van der Waals surface area contributed by atoms with Gasteiger partial charge in [-0.05, 0) is 49.9 Å². The average molecular weight is 226 g/mol. The van der Waals surface area contributed by atoms with Gasteiger partial charge in [-0.25, -0.2) is 0 Å². The monoisotopic (exact) mass is 226 g/mol. The molecule has 0 heterocycles. The van der Waals surface area contributed by atoms with Crippen LogP contribution in [0.4, 0.5) is 0 Å². The maximum absolute atomic E-state index is 10.8. The first kappa shape index (κ1) is 12.4. The van der Waals surface area contributed by atoms with E-state index in [0.717, 1.165) is 44.4 Å². The largest absolute Gasteiger partial charge is 0.396 e. The van der Waals surface area contributed by atoms with E-state index in [1.165, 1.54) is 0 Å². The minimum atomic E-state index is -0.593. The third kappa shape index (κ3) is 1.80. The van der Waals surface area contributed by atoms with Gasteiger partial charge in [-0.15, -0.1) is 0 Å². The zero-order chi connectivity index (χ0) is 12.0. The highest BCUT2D eigenvalue weighted by atomic mass is 16.3. The smallest absolute Gasteiger partial charge is 0.0726 e. The van der Waals surface area contributed by atoms with E-state index >= 15 is 0 Å². The van der Waals surface area contributed by atoms with Gasteiger partial charge < -0.3 is 10.2 Å². The van der Waals surface area contributed by atoms with Crippen LogP contribution in [0.5, 0.6) is 0 Å². The van der Waals surface area contributed by atoms with E-state index in [2.05, 4.69) is 20.8 Å². The summed E-state index contributed by atoms with van der Waals surface area (Å²) in [4.78, 5) is 0. The van der Waals surface area contributed by atoms with Gasteiger partial charge in [-0.2, -0.15) is 0 Å². The van der Waals surface area contributed by atoms with Crippen LogP contribution in [0.1, 0.15) is 59.3 Å². The zero-order valence-corrected chi connectivity index (χ0v) is 10.9. The number of hydrogen-bond acceptors (Lipinski definition) is 2. The molecule has 2 fully saturated rings. The van der Waals surface area contributed by atoms with Gasteiger partial charge in [0.15, 0.2) is 0 Å². The Morgan fingerprint density at radius 3 is 2.00 bits per heavy atom. The molecule has 2 N–H and O–H groups in total. The van der Waals surface area contributed by atoms with Crippen molar-refractivity contribution in [1.82, 2.24) is 0 Å². The molecule has 94 valence electrons. The molecule has 2 nitrogen and oxygen atoms in total. The Balaban J connectivity index is 2.10. The lowest BCUT2D eigenvalue weighted by Gasteiger charge is -2.61. The van der Waals surface area contributed by atoms with Crippen molar-refractivity contribution in [3.05, 3.63) is 0 Å². The molecule has 16 heavy (non-hydrogen) atoms. The summed E-state index contributed by atoms with van der Waals surface area (Å²) >= 11 is 0. The third-order valence-electron chi connectivity index (χ3n) is 5.03. The van der Waals surface area contributed by atoms with Gasteiger partial charge in [0.05, 0.1) is 12.2 Å². The van der Waals surface area contributed by atoms with Gasteiger partial charge >= 0.3 is 0 Å². The van der Waals surface area contributed by atoms with Crippen LogP contribution < -0.4 is 0 Å². The Kier molecular flexibility index (Phi) is 2.87. The quantitative estimate of drug-likeness (QED) is 0.760. The Labute approximate surface area is 99.1 Å². The summed E-state index contributed by atoms with van der Waals surface area (Å²) in [6, 6.07) is 0. The van der Waals surface area contributed by atoms with E-state index in [-0.39, 0.29) is 12.0 Å². The lowest BCUT2D eigenvalue weighted by molar-refractivity contribution is -0.211. The van der Waals surface area contributed by atoms with Crippen molar-refractivity contribution in [1.29, 1.82) is 0 Å². The predicted octanol–water partition coefficient (Wildman–Crippen LogP) is 2.73. The molecule has 0 aromatic rings. The van der Waals surface area contributed by atoms with Crippen molar-refractivity contribution < 1.29 is 10.2 Å². The lowest BCUT2D eigenvalue weighted by Crippen LogP contribution is -2.61. The molecule has 0 radical (unpaired) electrons. The van der Waals surface area contributed by atoms with E-state index in [1.54, 1.807) is 0 Å². The molecule has 0 aliphatic heterocycles. The van der Waals surface area contributed by atoms with Gasteiger partial charge in [-0.3, -0.25) is 0 Å². The molecular weight excluding hydrogens is 200 g/mol. The second kappa shape index (κ2) is 3.71. The van der Waals surface area contributed by atoms with E-state index in [0.29, 0.717) is 5.41 Å². The van der Waals surface area contributed by atoms with Gasteiger partial charge in [-0.1, -0.05) is 20.8 Å². The maximum atomic E-state index is 10.8. The summed E-state index contributed by atoms with van der Waals surface area (Å²) in [5.74, 6) is 0.740. The van der Waals surface area contributed by atoms with E-state index in [9.17, 15) is 10.2 Å². The van der Waals surface area contributed by atoms with Crippen LogP contribution in [0, 0.1) is 16.7 Å². The van der Waals surface area contributed by atoms with Gasteiger partial charge in [0.1, 0.15) is 0 Å². The molecule has 0 aromatic heterocycles. The molecule has 0 bridgehead atoms. The summed E-state index contributed by atoms with van der Waals surface area (Å²) in [5, 5.41) is 20.5. The van der Waals surface area contributed by atoms with Gasteiger partial charge in [0.2, 0.25) is 0 Å². The second-order valence-electron chi connectivity index (χ2n) is 7.17. The van der Waals surface area contributed by atoms with E-state index < -0.39 is 5.60 Å². The summed E-state index contributed by atoms with van der Waals surface area (Å²) < 4.78 is 0. The van der Waals surface area contributed by atoms with E-state index in [1.807, 2.05) is 0 Å². The van der Waals surface area contributed by atoms with Crippen LogP contribution in [0.15, 0.2) is 0 Å². The normalized spacial score (nSPS) is 41.4. The summed E-state index contributed by atoms with van der Waals surface area (Å²) in [7, 11) is 0. The Morgan fingerprint density at radius 1 is 1.12 bits per heavy atom. The van der Waals surface area contributed by atoms with Gasteiger partial charge in [0, 0.05) is 5.41 Å². The molecule has 2 aliphatic carbocycles. The number of hydrogen-bond donors (Lipinski definition) is 2. The van der Waals surface area contributed by atoms with E-state index in [4.69, 9.17) is 0 Å². The fourth-order valence-electron chi connectivity index (χ4n) is 4.14. The van der Waals surface area contributed by atoms with Crippen molar-refractivity contribution in [3.8, 4) is 0 Å². The van der Waals surface area contributed by atoms with Crippen molar-refractivity contribution in [3.63, 3.8) is 0 Å². The van der Waals surface area contributed by atoms with Crippen molar-refractivity contribution in [2.24, 2.45) is 16.7 Å². The Hall–Kier alpha value is -0.0800. The fraction of sp³-hybridized carbons (Fsp3) is 1.00. The molecule has 0 saturated heterocycles. The number of rotatable bonds is 2. The molecule has 2 heteroatoms. The fourth-order valence-corrected chi connectivity index (χ4v) is 4.14. The van der Waals surface area contributed by atoms with Crippen LogP contribution in [0.2, 0.25) is 0 Å². The summed E-state index contributed by atoms with van der Waals surface area (Å²) in [6.45, 7) is 6.88. The highest BCUT2D eigenvalue weighted by Gasteiger charge is 2.60. The minimum Gasteiger partial charge on any atom is -0.396 e. The average Bonchev–Trinajstić information content (AvgIpc) is 2.18. The first-order chi connectivity index (χ1) is 7.33. The SMILES string of the molecule is CC1CCC(O)(C2(CO)CC(C)(C)C2)CC1. The molecular formula is C14H26O2. The molecule has 0 aromatic carbocycles. The third-order valence-corrected chi connectivity index (χ3v) is 5.03. The molecule has 0 unspecified atom stereocenters. The number of aliphatic hydroxyl groups is 2. The van der Waals surface area contributed by atoms with Gasteiger partial charge in [0.25, 0.3) is 0 Å². The minimum absolute atomic E-state index is 0.154. The first-order valence-electron chi connectivity index (χ1n) is 6.66.